The van der Waals surface area contributed by atoms with Crippen molar-refractivity contribution in [1.29, 1.82) is 5.26 Å². The Balaban J connectivity index is 3.14. The standard InChI is InChI=1S/C16H20N2O2S/c1-4-11(3)20-14-7-6-12(9-15(14)19-5-2)8-13(10-17)16(18)21/h6-9,11H,4-5H2,1-3H3,(H2,18,21)/b13-8+/t11-/m0/s1. The van der Waals surface area contributed by atoms with Gasteiger partial charge in [0, 0.05) is 0 Å². The van der Waals surface area contributed by atoms with Crippen molar-refractivity contribution in [2.45, 2.75) is 33.3 Å². The Kier molecular flexibility index (Phi) is 6.70. The third kappa shape index (κ3) is 5.09. The van der Waals surface area contributed by atoms with E-state index in [0.29, 0.717) is 18.1 Å². The zero-order valence-electron chi connectivity index (χ0n) is 12.6. The van der Waals surface area contributed by atoms with Crippen molar-refractivity contribution in [2.75, 3.05) is 6.61 Å². The third-order valence-electron chi connectivity index (χ3n) is 2.87. The van der Waals surface area contributed by atoms with Crippen molar-refractivity contribution in [2.24, 2.45) is 5.73 Å². The Labute approximate surface area is 131 Å². The minimum Gasteiger partial charge on any atom is -0.490 e. The summed E-state index contributed by atoms with van der Waals surface area (Å²) in [7, 11) is 0. The van der Waals surface area contributed by atoms with Gasteiger partial charge in [0.2, 0.25) is 0 Å². The van der Waals surface area contributed by atoms with Crippen LogP contribution in [0.2, 0.25) is 0 Å². The summed E-state index contributed by atoms with van der Waals surface area (Å²) in [5, 5.41) is 8.99. The predicted molar refractivity (Wildman–Crippen MR) is 88.4 cm³/mol. The van der Waals surface area contributed by atoms with Crippen LogP contribution in [0, 0.1) is 11.3 Å². The maximum Gasteiger partial charge on any atom is 0.161 e. The molecule has 0 fully saturated rings. The van der Waals surface area contributed by atoms with Crippen LogP contribution in [-0.4, -0.2) is 17.7 Å². The van der Waals surface area contributed by atoms with Crippen LogP contribution in [0.25, 0.3) is 6.08 Å². The first kappa shape index (κ1) is 17.0. The van der Waals surface area contributed by atoms with Gasteiger partial charge in [0.05, 0.1) is 18.3 Å². The lowest BCUT2D eigenvalue weighted by atomic mass is 10.1. The first-order valence-corrected chi connectivity index (χ1v) is 7.27. The van der Waals surface area contributed by atoms with Gasteiger partial charge in [-0.3, -0.25) is 0 Å². The van der Waals surface area contributed by atoms with E-state index in [4.69, 9.17) is 32.7 Å². The van der Waals surface area contributed by atoms with Crippen LogP contribution in [0.15, 0.2) is 23.8 Å². The minimum absolute atomic E-state index is 0.0791. The highest BCUT2D eigenvalue weighted by Crippen LogP contribution is 2.30. The summed E-state index contributed by atoms with van der Waals surface area (Å²) in [6.07, 6.45) is 2.65. The predicted octanol–water partition coefficient (Wildman–Crippen LogP) is 3.46. The molecule has 0 aliphatic carbocycles. The van der Waals surface area contributed by atoms with Gasteiger partial charge in [0.1, 0.15) is 11.1 Å². The molecule has 21 heavy (non-hydrogen) atoms. The van der Waals surface area contributed by atoms with E-state index >= 15 is 0 Å². The van der Waals surface area contributed by atoms with Gasteiger partial charge in [-0.05, 0) is 44.0 Å². The second-order valence-electron chi connectivity index (χ2n) is 4.51. The summed E-state index contributed by atoms with van der Waals surface area (Å²) in [6.45, 7) is 6.50. The van der Waals surface area contributed by atoms with Gasteiger partial charge in [-0.15, -0.1) is 0 Å². The molecule has 0 spiro atoms. The molecule has 2 N–H and O–H groups in total. The van der Waals surface area contributed by atoms with E-state index in [-0.39, 0.29) is 16.7 Å². The summed E-state index contributed by atoms with van der Waals surface area (Å²) < 4.78 is 11.4. The summed E-state index contributed by atoms with van der Waals surface area (Å²) in [5.41, 5.74) is 6.55. The fraction of sp³-hybridized carbons (Fsp3) is 0.375. The van der Waals surface area contributed by atoms with Crippen molar-refractivity contribution < 1.29 is 9.47 Å². The number of nitriles is 1. The van der Waals surface area contributed by atoms with Crippen LogP contribution >= 0.6 is 12.2 Å². The average Bonchev–Trinajstić information content (AvgIpc) is 2.46. The Morgan fingerprint density at radius 3 is 2.67 bits per heavy atom. The number of hydrogen-bond acceptors (Lipinski definition) is 4. The summed E-state index contributed by atoms with van der Waals surface area (Å²) in [4.78, 5) is 0.0791. The van der Waals surface area contributed by atoms with Gasteiger partial charge in [-0.1, -0.05) is 25.2 Å². The fourth-order valence-electron chi connectivity index (χ4n) is 1.61. The highest BCUT2D eigenvalue weighted by Gasteiger charge is 2.09. The number of nitrogens with two attached hydrogens (primary N) is 1. The molecule has 1 aromatic rings. The average molecular weight is 304 g/mol. The van der Waals surface area contributed by atoms with Crippen LogP contribution in [0.3, 0.4) is 0 Å². The third-order valence-corrected chi connectivity index (χ3v) is 3.09. The fourth-order valence-corrected chi connectivity index (χ4v) is 1.71. The molecule has 112 valence electrons. The zero-order valence-corrected chi connectivity index (χ0v) is 13.4. The Morgan fingerprint density at radius 1 is 1.43 bits per heavy atom. The van der Waals surface area contributed by atoms with E-state index in [1.165, 1.54) is 0 Å². The first-order valence-electron chi connectivity index (χ1n) is 6.86. The smallest absolute Gasteiger partial charge is 0.161 e. The van der Waals surface area contributed by atoms with E-state index in [9.17, 15) is 0 Å². The molecule has 0 bridgehead atoms. The second-order valence-corrected chi connectivity index (χ2v) is 4.95. The van der Waals surface area contributed by atoms with Crippen LogP contribution in [-0.2, 0) is 0 Å². The first-order chi connectivity index (χ1) is 10.0. The second kappa shape index (κ2) is 8.28. The maximum atomic E-state index is 8.99. The lowest BCUT2D eigenvalue weighted by Crippen LogP contribution is -2.11. The molecule has 0 radical (unpaired) electrons. The molecule has 0 aliphatic heterocycles. The van der Waals surface area contributed by atoms with E-state index in [1.807, 2.05) is 38.1 Å². The zero-order chi connectivity index (χ0) is 15.8. The van der Waals surface area contributed by atoms with Gasteiger partial charge in [-0.25, -0.2) is 0 Å². The molecule has 0 aromatic heterocycles. The van der Waals surface area contributed by atoms with Crippen molar-refractivity contribution >= 4 is 23.3 Å². The molecule has 1 rings (SSSR count). The Bertz CT molecular complexity index is 576. The van der Waals surface area contributed by atoms with Crippen molar-refractivity contribution in [3.05, 3.63) is 29.3 Å². The molecule has 0 saturated carbocycles. The minimum atomic E-state index is 0.0791. The number of rotatable bonds is 7. The van der Waals surface area contributed by atoms with Crippen molar-refractivity contribution in [1.82, 2.24) is 0 Å². The van der Waals surface area contributed by atoms with E-state index in [0.717, 1.165) is 12.0 Å². The van der Waals surface area contributed by atoms with Crippen LogP contribution in [0.5, 0.6) is 11.5 Å². The Hall–Kier alpha value is -2.06. The number of benzene rings is 1. The molecule has 5 heteroatoms. The number of nitrogens with zero attached hydrogens (tertiary/aromatic N) is 1. The molecule has 1 atom stereocenters. The summed E-state index contributed by atoms with van der Waals surface area (Å²) in [5.74, 6) is 1.34. The van der Waals surface area contributed by atoms with Crippen molar-refractivity contribution in [3.8, 4) is 17.6 Å². The van der Waals surface area contributed by atoms with E-state index in [2.05, 4.69) is 6.92 Å². The van der Waals surface area contributed by atoms with Gasteiger partial charge in [-0.2, -0.15) is 5.26 Å². The van der Waals surface area contributed by atoms with Crippen molar-refractivity contribution in [3.63, 3.8) is 0 Å². The number of thiocarbonyl (C=S) groups is 1. The summed E-state index contributed by atoms with van der Waals surface area (Å²) >= 11 is 4.83. The van der Waals surface area contributed by atoms with Gasteiger partial charge >= 0.3 is 0 Å². The molecular weight excluding hydrogens is 284 g/mol. The quantitative estimate of drug-likeness (QED) is 0.474. The highest BCUT2D eigenvalue weighted by atomic mass is 32.1. The number of ether oxygens (including phenoxy) is 2. The molecule has 0 unspecified atom stereocenters. The molecule has 0 aliphatic rings. The number of hydrogen-bond donors (Lipinski definition) is 1. The van der Waals surface area contributed by atoms with Crippen LogP contribution < -0.4 is 15.2 Å². The van der Waals surface area contributed by atoms with E-state index in [1.54, 1.807) is 6.08 Å². The Morgan fingerprint density at radius 2 is 2.14 bits per heavy atom. The molecule has 1 aromatic carbocycles. The van der Waals surface area contributed by atoms with E-state index < -0.39 is 0 Å². The lowest BCUT2D eigenvalue weighted by molar-refractivity contribution is 0.203. The SMILES string of the molecule is CCOc1cc(/C=C(\C#N)C(N)=S)ccc1O[C@@H](C)CC. The maximum absolute atomic E-state index is 8.99. The summed E-state index contributed by atoms with van der Waals surface area (Å²) in [6, 6.07) is 7.47. The normalized spacial score (nSPS) is 12.4. The van der Waals surface area contributed by atoms with Gasteiger partial charge in [0.15, 0.2) is 11.5 Å². The molecule has 0 amide bonds. The van der Waals surface area contributed by atoms with Gasteiger partial charge in [0.25, 0.3) is 0 Å². The molecule has 0 saturated heterocycles. The lowest BCUT2D eigenvalue weighted by Gasteiger charge is -2.16. The van der Waals surface area contributed by atoms with Crippen LogP contribution in [0.1, 0.15) is 32.8 Å². The van der Waals surface area contributed by atoms with Gasteiger partial charge < -0.3 is 15.2 Å². The molecular formula is C16H20N2O2S. The molecule has 4 nitrogen and oxygen atoms in total. The monoisotopic (exact) mass is 304 g/mol. The molecule has 0 heterocycles. The largest absolute Gasteiger partial charge is 0.490 e. The topological polar surface area (TPSA) is 68.3 Å². The van der Waals surface area contributed by atoms with Crippen LogP contribution in [0.4, 0.5) is 0 Å². The highest BCUT2D eigenvalue weighted by molar-refractivity contribution is 7.80.